The maximum atomic E-state index is 12.9. The van der Waals surface area contributed by atoms with Crippen molar-refractivity contribution in [3.05, 3.63) is 101 Å². The van der Waals surface area contributed by atoms with Crippen LogP contribution in [-0.2, 0) is 16.1 Å². The highest BCUT2D eigenvalue weighted by molar-refractivity contribution is 6.06. The molecule has 0 aromatic heterocycles. The highest BCUT2D eigenvalue weighted by Crippen LogP contribution is 2.23. The molecule has 0 bridgehead atoms. The fourth-order valence-electron chi connectivity index (χ4n) is 3.11. The fourth-order valence-corrected chi connectivity index (χ4v) is 3.11. The monoisotopic (exact) mass is 431 g/mol. The van der Waals surface area contributed by atoms with Gasteiger partial charge >= 0.3 is 5.97 Å². The van der Waals surface area contributed by atoms with Gasteiger partial charge in [0, 0.05) is 16.8 Å². The van der Waals surface area contributed by atoms with Crippen LogP contribution in [0.25, 0.3) is 6.08 Å². The van der Waals surface area contributed by atoms with Crippen molar-refractivity contribution in [2.75, 3.05) is 11.9 Å². The Hall–Kier alpha value is -4.26. The number of ketones is 1. The van der Waals surface area contributed by atoms with Gasteiger partial charge in [0.1, 0.15) is 18.2 Å². The predicted octanol–water partition coefficient (Wildman–Crippen LogP) is 4.41. The average molecular weight is 431 g/mol. The van der Waals surface area contributed by atoms with E-state index in [1.807, 2.05) is 0 Å². The zero-order valence-electron chi connectivity index (χ0n) is 16.8. The third-order valence-corrected chi connectivity index (χ3v) is 4.77. The quantitative estimate of drug-likeness (QED) is 0.341. The van der Waals surface area contributed by atoms with Gasteiger partial charge < -0.3 is 14.8 Å². The number of cyclic esters (lactones) is 1. The minimum atomic E-state index is -0.395. The smallest absolute Gasteiger partial charge is 0.338 e. The van der Waals surface area contributed by atoms with Gasteiger partial charge in [0.25, 0.3) is 5.91 Å². The van der Waals surface area contributed by atoms with E-state index in [2.05, 4.69) is 5.32 Å². The van der Waals surface area contributed by atoms with Gasteiger partial charge in [-0.3, -0.25) is 9.59 Å². The maximum Gasteiger partial charge on any atom is 0.338 e. The zero-order chi connectivity index (χ0) is 22.5. The van der Waals surface area contributed by atoms with E-state index in [4.69, 9.17) is 9.47 Å². The van der Waals surface area contributed by atoms with Crippen molar-refractivity contribution in [2.45, 2.75) is 6.61 Å². The highest BCUT2D eigenvalue weighted by atomic mass is 19.1. The number of hydrogen-bond donors (Lipinski definition) is 1. The Morgan fingerprint density at radius 3 is 2.53 bits per heavy atom. The molecular formula is C25H18FNO5. The van der Waals surface area contributed by atoms with Gasteiger partial charge in [-0.1, -0.05) is 18.2 Å². The molecular weight excluding hydrogens is 413 g/mol. The van der Waals surface area contributed by atoms with Crippen molar-refractivity contribution in [1.29, 1.82) is 0 Å². The molecule has 3 aromatic rings. The predicted molar refractivity (Wildman–Crippen MR) is 116 cm³/mol. The van der Waals surface area contributed by atoms with E-state index in [1.54, 1.807) is 48.5 Å². The van der Waals surface area contributed by atoms with Crippen LogP contribution in [0.4, 0.5) is 10.1 Å². The fraction of sp³-hybridized carbons (Fsp3) is 0.0800. The van der Waals surface area contributed by atoms with Crippen LogP contribution >= 0.6 is 0 Å². The summed E-state index contributed by atoms with van der Waals surface area (Å²) in [5.74, 6) is -0.837. The number of hydrogen-bond acceptors (Lipinski definition) is 5. The van der Waals surface area contributed by atoms with Crippen LogP contribution in [0.1, 0.15) is 31.8 Å². The lowest BCUT2D eigenvalue weighted by molar-refractivity contribution is -0.118. The van der Waals surface area contributed by atoms with Gasteiger partial charge in [0.05, 0.1) is 5.56 Å². The number of rotatable bonds is 7. The van der Waals surface area contributed by atoms with Gasteiger partial charge in [-0.15, -0.1) is 0 Å². The number of halogens is 1. The molecule has 0 aliphatic carbocycles. The highest BCUT2D eigenvalue weighted by Gasteiger charge is 2.21. The number of allylic oxidation sites excluding steroid dienone is 1. The van der Waals surface area contributed by atoms with E-state index in [9.17, 15) is 18.8 Å². The van der Waals surface area contributed by atoms with Crippen molar-refractivity contribution >= 4 is 29.4 Å². The van der Waals surface area contributed by atoms with Crippen LogP contribution in [0.5, 0.6) is 5.75 Å². The third-order valence-electron chi connectivity index (χ3n) is 4.77. The maximum absolute atomic E-state index is 12.9. The molecule has 7 heteroatoms. The van der Waals surface area contributed by atoms with Gasteiger partial charge in [0.15, 0.2) is 12.4 Å². The molecule has 1 aliphatic rings. The Bertz CT molecular complexity index is 1200. The lowest BCUT2D eigenvalue weighted by Gasteiger charge is -2.08. The van der Waals surface area contributed by atoms with E-state index in [1.165, 1.54) is 30.3 Å². The Morgan fingerprint density at radius 2 is 1.78 bits per heavy atom. The van der Waals surface area contributed by atoms with E-state index in [0.717, 1.165) is 11.1 Å². The molecule has 1 heterocycles. The normalized spacial score (nSPS) is 12.3. The van der Waals surface area contributed by atoms with E-state index < -0.39 is 5.82 Å². The molecule has 0 unspecified atom stereocenters. The first-order valence-electron chi connectivity index (χ1n) is 9.79. The number of benzene rings is 3. The van der Waals surface area contributed by atoms with Crippen molar-refractivity contribution in [1.82, 2.24) is 0 Å². The summed E-state index contributed by atoms with van der Waals surface area (Å²) < 4.78 is 23.4. The van der Waals surface area contributed by atoms with Crippen molar-refractivity contribution in [3.8, 4) is 5.75 Å². The van der Waals surface area contributed by atoms with Crippen LogP contribution in [0.3, 0.4) is 0 Å². The first-order chi connectivity index (χ1) is 15.5. The first-order valence-corrected chi connectivity index (χ1v) is 9.79. The summed E-state index contributed by atoms with van der Waals surface area (Å²) in [6.07, 6.45) is 3.05. The zero-order valence-corrected chi connectivity index (χ0v) is 16.8. The van der Waals surface area contributed by atoms with E-state index >= 15 is 0 Å². The lowest BCUT2D eigenvalue weighted by Crippen LogP contribution is -2.20. The van der Waals surface area contributed by atoms with Gasteiger partial charge in [-0.2, -0.15) is 0 Å². The molecule has 0 atom stereocenters. The van der Waals surface area contributed by atoms with E-state index in [0.29, 0.717) is 22.6 Å². The summed E-state index contributed by atoms with van der Waals surface area (Å²) in [5.41, 5.74) is 2.97. The molecule has 6 nitrogen and oxygen atoms in total. The molecule has 0 fully saturated rings. The molecule has 3 aromatic carbocycles. The largest absolute Gasteiger partial charge is 0.484 e. The Kier molecular flexibility index (Phi) is 6.07. The molecule has 0 saturated carbocycles. The Morgan fingerprint density at radius 1 is 1.03 bits per heavy atom. The molecule has 0 radical (unpaired) electrons. The lowest BCUT2D eigenvalue weighted by atomic mass is 10.1. The SMILES string of the molecule is O=C(COc1ccc(/C=C/C(=O)c2ccc(F)cc2)cc1)Nc1ccc2c(c1)COC2=O. The first kappa shape index (κ1) is 21.0. The minimum absolute atomic E-state index is 0.190. The number of esters is 1. The number of carbonyl (C=O) groups excluding carboxylic acids is 3. The van der Waals surface area contributed by atoms with E-state index in [-0.39, 0.29) is 30.9 Å². The number of anilines is 1. The van der Waals surface area contributed by atoms with Crippen LogP contribution in [0.2, 0.25) is 0 Å². The van der Waals surface area contributed by atoms with Crippen LogP contribution < -0.4 is 10.1 Å². The van der Waals surface area contributed by atoms with Crippen molar-refractivity contribution in [2.24, 2.45) is 0 Å². The van der Waals surface area contributed by atoms with Crippen molar-refractivity contribution < 1.29 is 28.2 Å². The number of amides is 1. The summed E-state index contributed by atoms with van der Waals surface area (Å²) in [6.45, 7) is 0.00935. The van der Waals surface area contributed by atoms with Crippen LogP contribution in [0, 0.1) is 5.82 Å². The molecule has 1 amide bonds. The average Bonchev–Trinajstić information content (AvgIpc) is 3.17. The van der Waals surface area contributed by atoms with Crippen LogP contribution in [-0.4, -0.2) is 24.3 Å². The summed E-state index contributed by atoms with van der Waals surface area (Å²) in [6, 6.07) is 17.2. The summed E-state index contributed by atoms with van der Waals surface area (Å²) >= 11 is 0. The van der Waals surface area contributed by atoms with Gasteiger partial charge in [-0.25, -0.2) is 9.18 Å². The molecule has 0 spiro atoms. The molecule has 0 saturated heterocycles. The number of carbonyl (C=O) groups is 3. The van der Waals surface area contributed by atoms with Crippen molar-refractivity contribution in [3.63, 3.8) is 0 Å². The summed E-state index contributed by atoms with van der Waals surface area (Å²) in [7, 11) is 0. The number of fused-ring (bicyclic) bond motifs is 1. The third kappa shape index (κ3) is 5.07. The molecule has 1 N–H and O–H groups in total. The minimum Gasteiger partial charge on any atom is -0.484 e. The van der Waals surface area contributed by atoms with Crippen LogP contribution in [0.15, 0.2) is 72.8 Å². The number of ether oxygens (including phenoxy) is 2. The standard InChI is InChI=1S/C25H18FNO5/c26-19-6-4-17(5-7-19)23(28)12-3-16-1-9-21(10-2-16)31-15-24(29)27-20-8-11-22-18(13-20)14-32-25(22)30/h1-13H,14-15H2,(H,27,29)/b12-3+. The Labute approximate surface area is 183 Å². The number of nitrogens with one attached hydrogen (secondary N) is 1. The summed E-state index contributed by atoms with van der Waals surface area (Å²) in [4.78, 5) is 35.7. The summed E-state index contributed by atoms with van der Waals surface area (Å²) in [5, 5.41) is 2.72. The second kappa shape index (κ2) is 9.26. The molecule has 32 heavy (non-hydrogen) atoms. The molecule has 4 rings (SSSR count). The molecule has 1 aliphatic heterocycles. The van der Waals surface area contributed by atoms with Gasteiger partial charge in [-0.05, 0) is 66.2 Å². The second-order valence-corrected chi connectivity index (χ2v) is 7.06. The topological polar surface area (TPSA) is 81.7 Å². The molecule has 160 valence electrons. The Balaban J connectivity index is 1.28. The van der Waals surface area contributed by atoms with Gasteiger partial charge in [0.2, 0.25) is 0 Å². The second-order valence-electron chi connectivity index (χ2n) is 7.06.